The van der Waals surface area contributed by atoms with Crippen LogP contribution in [0.25, 0.3) is 0 Å². The molecule has 1 heterocycles. The lowest BCUT2D eigenvalue weighted by Gasteiger charge is -2.12. The van der Waals surface area contributed by atoms with Crippen LogP contribution in [-0.2, 0) is 0 Å². The molecule has 1 aromatic heterocycles. The Morgan fingerprint density at radius 3 is 2.85 bits per heavy atom. The van der Waals surface area contributed by atoms with Crippen LogP contribution < -0.4 is 10.1 Å². The first kappa shape index (κ1) is 14.5. The van der Waals surface area contributed by atoms with Crippen LogP contribution in [0.1, 0.15) is 23.7 Å². The van der Waals surface area contributed by atoms with E-state index in [1.807, 2.05) is 31.2 Å². The molecule has 0 saturated carbocycles. The molecule has 0 aliphatic rings. The Kier molecular flexibility index (Phi) is 5.12. The van der Waals surface area contributed by atoms with Gasteiger partial charge < -0.3 is 10.1 Å². The molecule has 0 bridgehead atoms. The van der Waals surface area contributed by atoms with Gasteiger partial charge in [0.15, 0.2) is 0 Å². The molecule has 0 aliphatic heterocycles. The maximum absolute atomic E-state index is 12.2. The lowest BCUT2D eigenvalue weighted by Crippen LogP contribution is -2.14. The fourth-order valence-electron chi connectivity index (χ4n) is 1.65. The van der Waals surface area contributed by atoms with Crippen LogP contribution in [0.3, 0.4) is 0 Å². The van der Waals surface area contributed by atoms with Crippen LogP contribution in [0.5, 0.6) is 5.75 Å². The number of ether oxygens (including phenoxy) is 1. The number of hydrogen-bond acceptors (Lipinski definition) is 3. The first-order valence-corrected chi connectivity index (χ1v) is 7.15. The molecule has 0 fully saturated rings. The summed E-state index contributed by atoms with van der Waals surface area (Å²) >= 11 is 3.27. The normalized spacial score (nSPS) is 10.1. The summed E-state index contributed by atoms with van der Waals surface area (Å²) in [6.07, 6.45) is 2.54. The third-order valence-corrected chi connectivity index (χ3v) is 3.23. The lowest BCUT2D eigenvalue weighted by molar-refractivity contribution is 0.102. The SMILES string of the molecule is CCCOc1ccccc1NC(=O)c1cccnc1Br. The van der Waals surface area contributed by atoms with E-state index in [1.165, 1.54) is 0 Å². The average Bonchev–Trinajstić information content (AvgIpc) is 2.46. The van der Waals surface area contributed by atoms with Crippen LogP contribution in [0.4, 0.5) is 5.69 Å². The van der Waals surface area contributed by atoms with Crippen molar-refractivity contribution in [1.29, 1.82) is 0 Å². The molecule has 104 valence electrons. The van der Waals surface area contributed by atoms with Gasteiger partial charge in [-0.1, -0.05) is 19.1 Å². The highest BCUT2D eigenvalue weighted by Crippen LogP contribution is 2.25. The monoisotopic (exact) mass is 334 g/mol. The number of amides is 1. The highest BCUT2D eigenvalue weighted by atomic mass is 79.9. The Morgan fingerprint density at radius 1 is 1.30 bits per heavy atom. The van der Waals surface area contributed by atoms with Gasteiger partial charge in [0.05, 0.1) is 17.9 Å². The van der Waals surface area contributed by atoms with Gasteiger partial charge in [-0.2, -0.15) is 0 Å². The van der Waals surface area contributed by atoms with Gasteiger partial charge in [0.1, 0.15) is 10.4 Å². The number of halogens is 1. The van der Waals surface area contributed by atoms with E-state index in [0.29, 0.717) is 28.2 Å². The summed E-state index contributed by atoms with van der Waals surface area (Å²) in [7, 11) is 0. The van der Waals surface area contributed by atoms with Gasteiger partial charge in [-0.25, -0.2) is 4.98 Å². The van der Waals surface area contributed by atoms with Crippen LogP contribution >= 0.6 is 15.9 Å². The van der Waals surface area contributed by atoms with E-state index in [-0.39, 0.29) is 5.91 Å². The Bertz CT molecular complexity index is 602. The summed E-state index contributed by atoms with van der Waals surface area (Å²) in [5, 5.41) is 2.84. The average molecular weight is 335 g/mol. The molecular formula is C15H15BrN2O2. The van der Waals surface area contributed by atoms with E-state index in [9.17, 15) is 4.79 Å². The number of carbonyl (C=O) groups is 1. The second kappa shape index (κ2) is 7.05. The van der Waals surface area contributed by atoms with Crippen LogP contribution in [0.2, 0.25) is 0 Å². The van der Waals surface area contributed by atoms with Gasteiger partial charge in [-0.15, -0.1) is 0 Å². The highest BCUT2D eigenvalue weighted by Gasteiger charge is 2.12. The van der Waals surface area contributed by atoms with Crippen LogP contribution in [-0.4, -0.2) is 17.5 Å². The predicted octanol–water partition coefficient (Wildman–Crippen LogP) is 3.89. The minimum atomic E-state index is -0.225. The van der Waals surface area contributed by atoms with Crippen LogP contribution in [0.15, 0.2) is 47.2 Å². The number of carbonyl (C=O) groups excluding carboxylic acids is 1. The number of benzene rings is 1. The Balaban J connectivity index is 2.18. The molecule has 0 saturated heterocycles. The number of pyridine rings is 1. The largest absolute Gasteiger partial charge is 0.491 e. The van der Waals surface area contributed by atoms with E-state index in [4.69, 9.17) is 4.74 Å². The first-order chi connectivity index (χ1) is 9.72. The number of para-hydroxylation sites is 2. The number of aromatic nitrogens is 1. The lowest BCUT2D eigenvalue weighted by atomic mass is 10.2. The molecule has 20 heavy (non-hydrogen) atoms. The first-order valence-electron chi connectivity index (χ1n) is 6.36. The molecule has 0 unspecified atom stereocenters. The molecule has 5 heteroatoms. The molecule has 2 aromatic rings. The summed E-state index contributed by atoms with van der Waals surface area (Å²) in [6, 6.07) is 10.8. The van der Waals surface area contributed by atoms with E-state index in [0.717, 1.165) is 6.42 Å². The van der Waals surface area contributed by atoms with Crippen LogP contribution in [0, 0.1) is 0 Å². The molecule has 0 spiro atoms. The molecule has 0 radical (unpaired) electrons. The van der Waals surface area contributed by atoms with Crippen molar-refractivity contribution in [3.8, 4) is 5.75 Å². The van der Waals surface area contributed by atoms with Crippen molar-refractivity contribution in [3.05, 3.63) is 52.8 Å². The molecule has 0 atom stereocenters. The van der Waals surface area contributed by atoms with Crippen molar-refractivity contribution in [2.75, 3.05) is 11.9 Å². The standard InChI is InChI=1S/C15H15BrN2O2/c1-2-10-20-13-8-4-3-7-12(13)18-15(19)11-6-5-9-17-14(11)16/h3-9H,2,10H2,1H3,(H,18,19). The summed E-state index contributed by atoms with van der Waals surface area (Å²) in [5.41, 5.74) is 1.14. The van der Waals surface area contributed by atoms with Crippen molar-refractivity contribution in [3.63, 3.8) is 0 Å². The minimum absolute atomic E-state index is 0.225. The second-order valence-corrected chi connectivity index (χ2v) is 4.89. The Hall–Kier alpha value is -1.88. The smallest absolute Gasteiger partial charge is 0.258 e. The predicted molar refractivity (Wildman–Crippen MR) is 82.1 cm³/mol. The Morgan fingerprint density at radius 2 is 2.10 bits per heavy atom. The zero-order valence-electron chi connectivity index (χ0n) is 11.1. The zero-order valence-corrected chi connectivity index (χ0v) is 12.7. The van der Waals surface area contributed by atoms with E-state index < -0.39 is 0 Å². The number of hydrogen-bond donors (Lipinski definition) is 1. The van der Waals surface area contributed by atoms with Gasteiger partial charge >= 0.3 is 0 Å². The van der Waals surface area contributed by atoms with E-state index in [1.54, 1.807) is 18.3 Å². The van der Waals surface area contributed by atoms with Crippen molar-refractivity contribution in [1.82, 2.24) is 4.98 Å². The number of anilines is 1. The van der Waals surface area contributed by atoms with Gasteiger partial charge in [0.25, 0.3) is 5.91 Å². The van der Waals surface area contributed by atoms with Crippen molar-refractivity contribution >= 4 is 27.5 Å². The Labute approximate surface area is 126 Å². The summed E-state index contributed by atoms with van der Waals surface area (Å²) in [6.45, 7) is 2.65. The molecule has 1 amide bonds. The fraction of sp³-hybridized carbons (Fsp3) is 0.200. The highest BCUT2D eigenvalue weighted by molar-refractivity contribution is 9.10. The fourth-order valence-corrected chi connectivity index (χ4v) is 2.08. The topological polar surface area (TPSA) is 51.2 Å². The molecule has 1 aromatic carbocycles. The minimum Gasteiger partial charge on any atom is -0.491 e. The molecule has 2 rings (SSSR count). The van der Waals surface area contributed by atoms with Crippen molar-refractivity contribution < 1.29 is 9.53 Å². The molecule has 0 aliphatic carbocycles. The van der Waals surface area contributed by atoms with E-state index >= 15 is 0 Å². The maximum Gasteiger partial charge on any atom is 0.258 e. The molecule has 1 N–H and O–H groups in total. The van der Waals surface area contributed by atoms with Gasteiger partial charge in [-0.3, -0.25) is 4.79 Å². The summed E-state index contributed by atoms with van der Waals surface area (Å²) in [5.74, 6) is 0.445. The third-order valence-electron chi connectivity index (χ3n) is 2.60. The molecular weight excluding hydrogens is 320 g/mol. The quantitative estimate of drug-likeness (QED) is 0.844. The van der Waals surface area contributed by atoms with Gasteiger partial charge in [0, 0.05) is 6.20 Å². The van der Waals surface area contributed by atoms with E-state index in [2.05, 4.69) is 26.2 Å². The maximum atomic E-state index is 12.2. The van der Waals surface area contributed by atoms with Crippen molar-refractivity contribution in [2.24, 2.45) is 0 Å². The zero-order chi connectivity index (χ0) is 14.4. The van der Waals surface area contributed by atoms with Gasteiger partial charge in [-0.05, 0) is 46.6 Å². The number of nitrogens with zero attached hydrogens (tertiary/aromatic N) is 1. The second-order valence-electron chi connectivity index (χ2n) is 4.14. The number of rotatable bonds is 5. The molecule has 4 nitrogen and oxygen atoms in total. The third kappa shape index (κ3) is 3.57. The van der Waals surface area contributed by atoms with Crippen molar-refractivity contribution in [2.45, 2.75) is 13.3 Å². The number of nitrogens with one attached hydrogen (secondary N) is 1. The van der Waals surface area contributed by atoms with Gasteiger partial charge in [0.2, 0.25) is 0 Å². The summed E-state index contributed by atoms with van der Waals surface area (Å²) < 4.78 is 6.13. The summed E-state index contributed by atoms with van der Waals surface area (Å²) in [4.78, 5) is 16.3.